The van der Waals surface area contributed by atoms with Gasteiger partial charge in [0.15, 0.2) is 5.16 Å². The van der Waals surface area contributed by atoms with E-state index >= 15 is 0 Å². The highest BCUT2D eigenvalue weighted by atomic mass is 32.2. The third kappa shape index (κ3) is 2.19. The van der Waals surface area contributed by atoms with Crippen LogP contribution >= 0.6 is 11.8 Å². The van der Waals surface area contributed by atoms with Crippen molar-refractivity contribution in [3.63, 3.8) is 0 Å². The minimum atomic E-state index is -0.784. The van der Waals surface area contributed by atoms with Crippen molar-refractivity contribution >= 4 is 11.8 Å². The second-order valence-corrected chi connectivity index (χ2v) is 5.06. The molecule has 2 atom stereocenters. The molecular weight excluding hydrogens is 230 g/mol. The molecule has 88 valence electrons. The number of rotatable bonds is 2. The Kier molecular flexibility index (Phi) is 3.15. The van der Waals surface area contributed by atoms with Gasteiger partial charge in [-0.15, -0.1) is 0 Å². The van der Waals surface area contributed by atoms with Crippen LogP contribution < -0.4 is 11.1 Å². The number of aromatic nitrogens is 3. The number of aryl methyl sites for hydroxylation is 1. The van der Waals surface area contributed by atoms with Gasteiger partial charge in [0.2, 0.25) is 0 Å². The van der Waals surface area contributed by atoms with E-state index in [1.54, 1.807) is 7.05 Å². The normalized spacial score (nSPS) is 24.9. The fourth-order valence-corrected chi connectivity index (χ4v) is 2.93. The largest absolute Gasteiger partial charge is 0.392 e. The van der Waals surface area contributed by atoms with Crippen LogP contribution in [0.25, 0.3) is 0 Å². The lowest BCUT2D eigenvalue weighted by atomic mass is 10.3. The first-order valence-electron chi connectivity index (χ1n) is 5.10. The van der Waals surface area contributed by atoms with Gasteiger partial charge in [0.05, 0.1) is 6.10 Å². The third-order valence-electron chi connectivity index (χ3n) is 2.62. The zero-order chi connectivity index (χ0) is 11.7. The maximum atomic E-state index is 11.1. The standard InChI is InChI=1S/C9H13N3O3S/c1-12-9(10-7(14)8(15)11-12)16-6-4-2-3-5(6)13/h5-6,13H,2-4H2,1H3,(H,11,15)/t5-,6-/m1/s1. The molecule has 2 rings (SSSR count). The Morgan fingerprint density at radius 1 is 1.50 bits per heavy atom. The fourth-order valence-electron chi connectivity index (χ4n) is 1.75. The number of thioether (sulfide) groups is 1. The molecule has 1 fully saturated rings. The summed E-state index contributed by atoms with van der Waals surface area (Å²) in [4.78, 5) is 25.8. The van der Waals surface area contributed by atoms with Crippen molar-refractivity contribution in [3.8, 4) is 0 Å². The quantitative estimate of drug-likeness (QED) is 0.682. The Hall–Kier alpha value is -1.08. The van der Waals surface area contributed by atoms with Crippen LogP contribution in [0.1, 0.15) is 19.3 Å². The molecule has 1 aromatic rings. The van der Waals surface area contributed by atoms with Crippen molar-refractivity contribution in [2.24, 2.45) is 7.05 Å². The van der Waals surface area contributed by atoms with Gasteiger partial charge in [0.25, 0.3) is 0 Å². The third-order valence-corrected chi connectivity index (χ3v) is 4.05. The minimum Gasteiger partial charge on any atom is -0.392 e. The van der Waals surface area contributed by atoms with Crippen LogP contribution in [-0.2, 0) is 7.05 Å². The summed E-state index contributed by atoms with van der Waals surface area (Å²) in [6.07, 6.45) is 2.32. The molecule has 0 bridgehead atoms. The smallest absolute Gasteiger partial charge is 0.339 e. The molecule has 0 aromatic carbocycles. The molecule has 0 saturated heterocycles. The second kappa shape index (κ2) is 4.42. The van der Waals surface area contributed by atoms with Gasteiger partial charge >= 0.3 is 11.1 Å². The Morgan fingerprint density at radius 3 is 2.88 bits per heavy atom. The second-order valence-electron chi connectivity index (χ2n) is 3.85. The summed E-state index contributed by atoms with van der Waals surface area (Å²) in [7, 11) is 1.62. The lowest BCUT2D eigenvalue weighted by Gasteiger charge is -2.14. The predicted molar refractivity (Wildman–Crippen MR) is 59.6 cm³/mol. The van der Waals surface area contributed by atoms with Gasteiger partial charge < -0.3 is 5.11 Å². The van der Waals surface area contributed by atoms with E-state index in [2.05, 4.69) is 10.1 Å². The van der Waals surface area contributed by atoms with Crippen LogP contribution in [-0.4, -0.2) is 31.2 Å². The van der Waals surface area contributed by atoms with Crippen molar-refractivity contribution in [2.45, 2.75) is 35.8 Å². The molecule has 1 aliphatic rings. The molecule has 7 heteroatoms. The number of hydrogen-bond acceptors (Lipinski definition) is 5. The summed E-state index contributed by atoms with van der Waals surface area (Å²) < 4.78 is 1.42. The first-order chi connectivity index (χ1) is 7.58. The molecule has 1 aromatic heterocycles. The SMILES string of the molecule is Cn1[nH]c(=O)c(=O)nc1S[C@@H]1CCC[C@H]1O. The maximum Gasteiger partial charge on any atom is 0.339 e. The monoisotopic (exact) mass is 243 g/mol. The van der Waals surface area contributed by atoms with E-state index in [0.29, 0.717) is 5.16 Å². The Morgan fingerprint density at radius 2 is 2.25 bits per heavy atom. The fraction of sp³-hybridized carbons (Fsp3) is 0.667. The summed E-state index contributed by atoms with van der Waals surface area (Å²) in [5, 5.41) is 12.5. The molecular formula is C9H13N3O3S. The topological polar surface area (TPSA) is 88.0 Å². The van der Waals surface area contributed by atoms with Crippen molar-refractivity contribution in [1.82, 2.24) is 14.8 Å². The van der Waals surface area contributed by atoms with Gasteiger partial charge in [-0.2, -0.15) is 4.98 Å². The van der Waals surface area contributed by atoms with Gasteiger partial charge in [-0.3, -0.25) is 19.4 Å². The van der Waals surface area contributed by atoms with Crippen molar-refractivity contribution in [2.75, 3.05) is 0 Å². The van der Waals surface area contributed by atoms with E-state index in [1.165, 1.54) is 16.4 Å². The van der Waals surface area contributed by atoms with E-state index in [0.717, 1.165) is 19.3 Å². The molecule has 16 heavy (non-hydrogen) atoms. The predicted octanol–water partition coefficient (Wildman–Crippen LogP) is -0.526. The molecule has 6 nitrogen and oxygen atoms in total. The summed E-state index contributed by atoms with van der Waals surface area (Å²) in [6.45, 7) is 0. The van der Waals surface area contributed by atoms with Gasteiger partial charge in [0, 0.05) is 12.3 Å². The van der Waals surface area contributed by atoms with E-state index in [9.17, 15) is 14.7 Å². The average molecular weight is 243 g/mol. The molecule has 0 radical (unpaired) electrons. The summed E-state index contributed by atoms with van der Waals surface area (Å²) >= 11 is 1.34. The molecule has 1 saturated carbocycles. The number of aliphatic hydroxyl groups is 1. The Balaban J connectivity index is 2.24. The van der Waals surface area contributed by atoms with E-state index < -0.39 is 11.1 Å². The van der Waals surface area contributed by atoms with Crippen molar-refractivity contribution < 1.29 is 5.11 Å². The molecule has 2 N–H and O–H groups in total. The number of H-pyrrole nitrogens is 1. The van der Waals surface area contributed by atoms with Crippen LogP contribution in [0.4, 0.5) is 0 Å². The van der Waals surface area contributed by atoms with Crippen LogP contribution in [0.2, 0.25) is 0 Å². The average Bonchev–Trinajstić information content (AvgIpc) is 2.61. The van der Waals surface area contributed by atoms with Crippen molar-refractivity contribution in [1.29, 1.82) is 0 Å². The van der Waals surface area contributed by atoms with E-state index in [-0.39, 0.29) is 11.4 Å². The molecule has 0 amide bonds. The highest BCUT2D eigenvalue weighted by molar-refractivity contribution is 7.99. The summed E-state index contributed by atoms with van der Waals surface area (Å²) in [5.41, 5.74) is -1.51. The van der Waals surface area contributed by atoms with E-state index in [1.807, 2.05) is 0 Å². The first kappa shape index (κ1) is 11.4. The lowest BCUT2D eigenvalue weighted by molar-refractivity contribution is 0.188. The van der Waals surface area contributed by atoms with E-state index in [4.69, 9.17) is 0 Å². The van der Waals surface area contributed by atoms with Gasteiger partial charge in [-0.05, 0) is 19.3 Å². The summed E-state index contributed by atoms with van der Waals surface area (Å²) in [6, 6.07) is 0. The molecule has 0 aliphatic heterocycles. The number of nitrogens with zero attached hydrogens (tertiary/aromatic N) is 2. The summed E-state index contributed by atoms with van der Waals surface area (Å²) in [5.74, 6) is 0. The molecule has 0 unspecified atom stereocenters. The van der Waals surface area contributed by atoms with Crippen LogP contribution in [0.15, 0.2) is 14.7 Å². The zero-order valence-corrected chi connectivity index (χ0v) is 9.66. The highest BCUT2D eigenvalue weighted by Gasteiger charge is 2.27. The molecule has 1 heterocycles. The van der Waals surface area contributed by atoms with Crippen LogP contribution in [0.5, 0.6) is 0 Å². The van der Waals surface area contributed by atoms with Crippen LogP contribution in [0.3, 0.4) is 0 Å². The highest BCUT2D eigenvalue weighted by Crippen LogP contribution is 2.33. The Labute approximate surface area is 95.7 Å². The number of aromatic amines is 1. The van der Waals surface area contributed by atoms with Crippen LogP contribution in [0, 0.1) is 0 Å². The first-order valence-corrected chi connectivity index (χ1v) is 5.98. The minimum absolute atomic E-state index is 0.0593. The maximum absolute atomic E-state index is 11.1. The van der Waals surface area contributed by atoms with Gasteiger partial charge in [0.1, 0.15) is 0 Å². The lowest BCUT2D eigenvalue weighted by Crippen LogP contribution is -2.34. The zero-order valence-electron chi connectivity index (χ0n) is 8.84. The number of hydrogen-bond donors (Lipinski definition) is 2. The molecule has 1 aliphatic carbocycles. The molecule has 0 spiro atoms. The number of nitrogens with one attached hydrogen (secondary N) is 1. The van der Waals surface area contributed by atoms with Gasteiger partial charge in [-0.25, -0.2) is 0 Å². The Bertz CT molecular complexity index is 496. The van der Waals surface area contributed by atoms with Gasteiger partial charge in [-0.1, -0.05) is 11.8 Å². The van der Waals surface area contributed by atoms with Crippen molar-refractivity contribution in [3.05, 3.63) is 20.7 Å². The number of aliphatic hydroxyl groups excluding tert-OH is 1.